The number of nitrogens with zero attached hydrogens (tertiary/aromatic N) is 1. The molecule has 5 nitrogen and oxygen atoms in total. The van der Waals surface area contributed by atoms with Gasteiger partial charge in [-0.3, -0.25) is 4.79 Å². The zero-order chi connectivity index (χ0) is 21.1. The molecule has 0 atom stereocenters. The highest BCUT2D eigenvalue weighted by Gasteiger charge is 2.32. The van der Waals surface area contributed by atoms with Crippen molar-refractivity contribution in [1.29, 1.82) is 0 Å². The zero-order valence-corrected chi connectivity index (χ0v) is 14.2. The maximum Gasteiger partial charge on any atom is 0.417 e. The van der Waals surface area contributed by atoms with Crippen molar-refractivity contribution in [2.45, 2.75) is 12.4 Å². The first-order chi connectivity index (χ1) is 12.9. The van der Waals surface area contributed by atoms with Gasteiger partial charge >= 0.3 is 18.3 Å². The van der Waals surface area contributed by atoms with Gasteiger partial charge in [0.2, 0.25) is 0 Å². The molecule has 1 aromatic carbocycles. The number of anilines is 1. The second-order valence-electron chi connectivity index (χ2n) is 5.25. The summed E-state index contributed by atoms with van der Waals surface area (Å²) in [5, 5.41) is 1.56. The Labute approximate surface area is 158 Å². The van der Waals surface area contributed by atoms with Crippen LogP contribution in [0.2, 0.25) is 5.02 Å². The number of hydrogen-bond acceptors (Lipinski definition) is 4. The van der Waals surface area contributed by atoms with Crippen LogP contribution in [0.15, 0.2) is 36.5 Å². The van der Waals surface area contributed by atoms with E-state index >= 15 is 0 Å². The van der Waals surface area contributed by atoms with Crippen molar-refractivity contribution in [3.05, 3.63) is 58.2 Å². The second-order valence-corrected chi connectivity index (χ2v) is 5.66. The maximum absolute atomic E-state index is 12.5. The fourth-order valence-electron chi connectivity index (χ4n) is 1.86. The van der Waals surface area contributed by atoms with Crippen molar-refractivity contribution < 1.29 is 40.7 Å². The van der Waals surface area contributed by atoms with Gasteiger partial charge in [-0.1, -0.05) is 11.6 Å². The predicted octanol–water partition coefficient (Wildman–Crippen LogP) is 4.57. The van der Waals surface area contributed by atoms with Gasteiger partial charge in [-0.05, 0) is 30.3 Å². The van der Waals surface area contributed by atoms with Crippen LogP contribution >= 0.6 is 11.6 Å². The molecule has 0 spiro atoms. The number of ether oxygens (including phenoxy) is 1. The first-order valence-corrected chi connectivity index (χ1v) is 7.62. The van der Waals surface area contributed by atoms with Gasteiger partial charge in [0.1, 0.15) is 0 Å². The average Bonchev–Trinajstić information content (AvgIpc) is 2.60. The molecule has 1 heterocycles. The van der Waals surface area contributed by atoms with Crippen LogP contribution in [0.3, 0.4) is 0 Å². The van der Waals surface area contributed by atoms with Crippen molar-refractivity contribution in [1.82, 2.24) is 4.98 Å². The van der Waals surface area contributed by atoms with Gasteiger partial charge in [0.05, 0.1) is 21.7 Å². The fraction of sp³-hybridized carbons (Fsp3) is 0.188. The summed E-state index contributed by atoms with van der Waals surface area (Å²) in [6, 6.07) is 3.64. The van der Waals surface area contributed by atoms with Gasteiger partial charge < -0.3 is 10.1 Å². The normalized spacial score (nSPS) is 11.8. The number of pyridine rings is 1. The maximum atomic E-state index is 12.5. The van der Waals surface area contributed by atoms with E-state index in [-0.39, 0.29) is 11.4 Å². The van der Waals surface area contributed by atoms with Crippen molar-refractivity contribution >= 4 is 29.3 Å². The summed E-state index contributed by atoms with van der Waals surface area (Å²) in [4.78, 5) is 26.8. The minimum Gasteiger partial charge on any atom is -0.452 e. The van der Waals surface area contributed by atoms with E-state index in [4.69, 9.17) is 11.6 Å². The van der Waals surface area contributed by atoms with Crippen LogP contribution in [0.5, 0.6) is 0 Å². The molecular weight excluding hydrogens is 418 g/mol. The fourth-order valence-corrected chi connectivity index (χ4v) is 2.08. The lowest BCUT2D eigenvalue weighted by Crippen LogP contribution is -2.22. The summed E-state index contributed by atoms with van der Waals surface area (Å²) < 4.78 is 79.5. The number of rotatable bonds is 4. The Morgan fingerprint density at radius 3 is 2.07 bits per heavy atom. The summed E-state index contributed by atoms with van der Waals surface area (Å²) in [6.45, 7) is -0.862. The number of hydrogen-bond donors (Lipinski definition) is 1. The van der Waals surface area contributed by atoms with Crippen molar-refractivity contribution in [2.75, 3.05) is 11.9 Å². The number of amides is 1. The molecule has 0 aliphatic carbocycles. The van der Waals surface area contributed by atoms with E-state index in [1.165, 1.54) is 0 Å². The molecule has 0 unspecified atom stereocenters. The molecule has 0 radical (unpaired) electrons. The molecule has 12 heteroatoms. The molecular formula is C16H9ClF6N2O3. The van der Waals surface area contributed by atoms with Crippen LogP contribution in [0.1, 0.15) is 21.5 Å². The van der Waals surface area contributed by atoms with Crippen molar-refractivity contribution in [3.63, 3.8) is 0 Å². The van der Waals surface area contributed by atoms with Gasteiger partial charge in [-0.15, -0.1) is 0 Å². The quantitative estimate of drug-likeness (QED) is 0.574. The van der Waals surface area contributed by atoms with E-state index in [2.05, 4.69) is 9.72 Å². The molecule has 0 saturated carbocycles. The number of esters is 1. The molecule has 2 rings (SSSR count). The summed E-state index contributed by atoms with van der Waals surface area (Å²) >= 11 is 5.61. The number of halogens is 7. The molecule has 1 amide bonds. The molecule has 2 aromatic rings. The summed E-state index contributed by atoms with van der Waals surface area (Å²) in [6.07, 6.45) is -8.79. The van der Waals surface area contributed by atoms with Gasteiger partial charge in [0, 0.05) is 6.20 Å². The SMILES string of the molecule is O=C(COC(=O)c1ccc(C(F)(F)F)cc1)Nc1ncc(C(F)(F)F)cc1Cl. The predicted molar refractivity (Wildman–Crippen MR) is 84.6 cm³/mol. The Hall–Kier alpha value is -2.82. The summed E-state index contributed by atoms with van der Waals surface area (Å²) in [7, 11) is 0. The number of alkyl halides is 6. The molecule has 0 bridgehead atoms. The van der Waals surface area contributed by atoms with Crippen molar-refractivity contribution in [2.24, 2.45) is 0 Å². The van der Waals surface area contributed by atoms with Crippen LogP contribution < -0.4 is 5.32 Å². The van der Waals surface area contributed by atoms with E-state index in [1.807, 2.05) is 5.32 Å². The monoisotopic (exact) mass is 426 g/mol. The van der Waals surface area contributed by atoms with Crippen molar-refractivity contribution in [3.8, 4) is 0 Å². The Balaban J connectivity index is 1.94. The molecule has 0 saturated heterocycles. The minimum absolute atomic E-state index is 0.230. The lowest BCUT2D eigenvalue weighted by molar-refractivity contribution is -0.138. The summed E-state index contributed by atoms with van der Waals surface area (Å²) in [5.41, 5.74) is -2.32. The Bertz CT molecular complexity index is 881. The van der Waals surface area contributed by atoms with Gasteiger partial charge in [-0.2, -0.15) is 26.3 Å². The molecule has 0 aliphatic rings. The zero-order valence-electron chi connectivity index (χ0n) is 13.5. The number of carbonyl (C=O) groups is 2. The lowest BCUT2D eigenvalue weighted by Gasteiger charge is -2.10. The molecule has 0 aliphatic heterocycles. The number of aromatic nitrogens is 1. The van der Waals surface area contributed by atoms with Gasteiger partial charge in [0.15, 0.2) is 12.4 Å². The number of benzene rings is 1. The van der Waals surface area contributed by atoms with Gasteiger partial charge in [-0.25, -0.2) is 9.78 Å². The van der Waals surface area contributed by atoms with Crippen LogP contribution in [-0.4, -0.2) is 23.5 Å². The summed E-state index contributed by atoms with van der Waals surface area (Å²) in [5.74, 6) is -2.42. The Morgan fingerprint density at radius 2 is 1.57 bits per heavy atom. The highest BCUT2D eigenvalue weighted by atomic mass is 35.5. The Kier molecular flexibility index (Phi) is 6.17. The van der Waals surface area contributed by atoms with Gasteiger partial charge in [0.25, 0.3) is 5.91 Å². The molecule has 28 heavy (non-hydrogen) atoms. The molecule has 150 valence electrons. The van der Waals surface area contributed by atoms with Crippen LogP contribution in [0, 0.1) is 0 Å². The highest BCUT2D eigenvalue weighted by Crippen LogP contribution is 2.32. The Morgan fingerprint density at radius 1 is 1.00 bits per heavy atom. The van der Waals surface area contributed by atoms with E-state index < -0.39 is 47.0 Å². The third-order valence-electron chi connectivity index (χ3n) is 3.21. The van der Waals surface area contributed by atoms with E-state index in [1.54, 1.807) is 0 Å². The van der Waals surface area contributed by atoms with Crippen LogP contribution in [0.25, 0.3) is 0 Å². The average molecular weight is 427 g/mol. The first kappa shape index (κ1) is 21.5. The number of nitrogens with one attached hydrogen (secondary N) is 1. The lowest BCUT2D eigenvalue weighted by atomic mass is 10.1. The molecule has 0 fully saturated rings. The molecule has 1 N–H and O–H groups in total. The second kappa shape index (κ2) is 8.05. The van der Waals surface area contributed by atoms with Crippen LogP contribution in [-0.2, 0) is 21.9 Å². The first-order valence-electron chi connectivity index (χ1n) is 7.25. The smallest absolute Gasteiger partial charge is 0.417 e. The van der Waals surface area contributed by atoms with Crippen LogP contribution in [0.4, 0.5) is 32.2 Å². The third kappa shape index (κ3) is 5.59. The highest BCUT2D eigenvalue weighted by molar-refractivity contribution is 6.33. The molecule has 1 aromatic heterocycles. The standard InChI is InChI=1S/C16H9ClF6N2O3/c17-11-5-10(16(21,22)23)6-24-13(11)25-12(26)7-28-14(27)8-1-3-9(4-2-8)15(18,19)20/h1-6H,7H2,(H,24,25,26). The van der Waals surface area contributed by atoms with E-state index in [0.29, 0.717) is 24.4 Å². The van der Waals surface area contributed by atoms with E-state index in [0.717, 1.165) is 12.1 Å². The number of carbonyl (C=O) groups excluding carboxylic acids is 2. The topological polar surface area (TPSA) is 68.3 Å². The van der Waals surface area contributed by atoms with E-state index in [9.17, 15) is 35.9 Å². The largest absolute Gasteiger partial charge is 0.452 e. The minimum atomic E-state index is -4.67. The third-order valence-corrected chi connectivity index (χ3v) is 3.50.